The third-order valence-electron chi connectivity index (χ3n) is 8.46. The number of rotatable bonds is 26. The first-order valence-corrected chi connectivity index (χ1v) is 20.0. The number of nitrogens with one attached hydrogen (secondary N) is 7. The fourth-order valence-corrected chi connectivity index (χ4v) is 6.10. The van der Waals surface area contributed by atoms with Crippen molar-refractivity contribution < 1.29 is 33.9 Å². The summed E-state index contributed by atoms with van der Waals surface area (Å²) in [6.07, 6.45) is 7.64. The zero-order chi connectivity index (χ0) is 40.8. The predicted octanol–water partition coefficient (Wildman–Crippen LogP) is -0.181. The molecule has 0 aliphatic heterocycles. The number of phenolic OH excluding ortho intramolecular Hbond substituents is 1. The van der Waals surface area contributed by atoms with E-state index in [4.69, 9.17) is 23.7 Å². The number of aromatic hydroxyl groups is 1. The molecule has 304 valence electrons. The lowest BCUT2D eigenvalue weighted by atomic mass is 10.0. The maximum Gasteiger partial charge on any atom is 0.243 e. The molecule has 0 unspecified atom stereocenters. The normalized spacial score (nSPS) is 13.6. The summed E-state index contributed by atoms with van der Waals surface area (Å²) in [5.41, 5.74) is 12.5. The van der Waals surface area contributed by atoms with Crippen molar-refractivity contribution in [2.24, 2.45) is 11.5 Å². The number of primary amides is 1. The van der Waals surface area contributed by atoms with E-state index in [-0.39, 0.29) is 37.9 Å². The monoisotopic (exact) mass is 804 g/mol. The summed E-state index contributed by atoms with van der Waals surface area (Å²) in [6, 6.07) is 0.618. The Balaban J connectivity index is 2.38. The van der Waals surface area contributed by atoms with Crippen LogP contribution in [0.4, 0.5) is 0 Å². The number of nitrogens with two attached hydrogens (primary N) is 2. The Bertz CT molecular complexity index is 1550. The molecule has 0 radical (unpaired) electrons. The Morgan fingerprint density at radius 1 is 0.782 bits per heavy atom. The summed E-state index contributed by atoms with van der Waals surface area (Å²) in [6.45, 7) is 3.92. The Kier molecular flexibility index (Phi) is 21.4. The van der Waals surface area contributed by atoms with E-state index in [2.05, 4.69) is 41.9 Å². The van der Waals surface area contributed by atoms with Gasteiger partial charge in [-0.05, 0) is 88.1 Å². The van der Waals surface area contributed by atoms with Crippen molar-refractivity contribution in [1.29, 1.82) is 0 Å². The first kappa shape index (κ1) is 46.4. The zero-order valence-corrected chi connectivity index (χ0v) is 33.3. The van der Waals surface area contributed by atoms with Gasteiger partial charge in [-0.15, -0.1) is 0 Å². The summed E-state index contributed by atoms with van der Waals surface area (Å²) in [5, 5.41) is 26.4. The minimum Gasteiger partial charge on any atom is -0.508 e. The van der Waals surface area contributed by atoms with Crippen molar-refractivity contribution in [3.63, 3.8) is 0 Å². The summed E-state index contributed by atoms with van der Waals surface area (Å²) < 4.78 is 0. The van der Waals surface area contributed by atoms with Crippen LogP contribution in [-0.4, -0.2) is 111 Å². The van der Waals surface area contributed by atoms with Crippen LogP contribution < -0.4 is 43.4 Å². The highest BCUT2D eigenvalue weighted by Gasteiger charge is 2.32. The second kappa shape index (κ2) is 25.4. The number of aromatic amines is 1. The largest absolute Gasteiger partial charge is 0.508 e. The first-order valence-electron chi connectivity index (χ1n) is 18.2. The van der Waals surface area contributed by atoms with Crippen molar-refractivity contribution in [2.45, 2.75) is 102 Å². The topological polar surface area (TPSA) is 276 Å². The second-order valence-electron chi connectivity index (χ2n) is 13.1. The Morgan fingerprint density at radius 3 is 1.84 bits per heavy atom. The standard InChI is InChI=1S/C36H56N10O7S2/c1-22(47)42-31(19-25-20-39-21-41-25)36(53)45-28(8-4-6-15-37)33(50)44-29(9-5-7-16-40-23(2)54)34(51)46-30(18-24-10-12-26(48)13-11-24)35(52)43-27(32(38)49)14-17-55-3/h10-13,20-21,27-31,48H,4-9,14-19,37H2,1-3H3,(H2,38,49)(H,39,41)(H,40,54)(H,42,47)(H,43,52)(H,44,50)(H,45,53)(H,46,51)/t27-,28-,29-,30-,31-/m0/s1. The maximum absolute atomic E-state index is 14.1. The molecule has 1 heterocycles. The van der Waals surface area contributed by atoms with Crippen molar-refractivity contribution in [3.05, 3.63) is 48.0 Å². The molecule has 2 aromatic rings. The number of thiocarbonyl (C=S) groups is 1. The number of hydrogen-bond acceptors (Lipinski definition) is 11. The van der Waals surface area contributed by atoms with Gasteiger partial charge in [-0.25, -0.2) is 4.98 Å². The highest BCUT2D eigenvalue weighted by atomic mass is 32.2. The third kappa shape index (κ3) is 18.4. The second-order valence-corrected chi connectivity index (χ2v) is 14.7. The molecule has 6 amide bonds. The van der Waals surface area contributed by atoms with Gasteiger partial charge >= 0.3 is 0 Å². The van der Waals surface area contributed by atoms with Crippen LogP contribution in [0.15, 0.2) is 36.8 Å². The van der Waals surface area contributed by atoms with Gasteiger partial charge in [0.15, 0.2) is 0 Å². The number of nitrogens with zero attached hydrogens (tertiary/aromatic N) is 1. The molecule has 0 spiro atoms. The summed E-state index contributed by atoms with van der Waals surface area (Å²) >= 11 is 6.57. The minimum absolute atomic E-state index is 0.0109. The van der Waals surface area contributed by atoms with Crippen LogP contribution in [0, 0.1) is 0 Å². The number of phenols is 1. The van der Waals surface area contributed by atoms with Crippen LogP contribution in [0.1, 0.15) is 70.1 Å². The van der Waals surface area contributed by atoms with E-state index >= 15 is 0 Å². The first-order chi connectivity index (χ1) is 26.2. The lowest BCUT2D eigenvalue weighted by molar-refractivity contribution is -0.135. The molecule has 2 rings (SSSR count). The van der Waals surface area contributed by atoms with E-state index in [9.17, 15) is 33.9 Å². The van der Waals surface area contributed by atoms with Crippen molar-refractivity contribution in [2.75, 3.05) is 25.1 Å². The molecule has 5 atom stereocenters. The van der Waals surface area contributed by atoms with Gasteiger partial charge in [0.2, 0.25) is 35.4 Å². The molecule has 55 heavy (non-hydrogen) atoms. The lowest BCUT2D eigenvalue weighted by Crippen LogP contribution is -2.59. The van der Waals surface area contributed by atoms with Crippen LogP contribution in [0.2, 0.25) is 0 Å². The number of amides is 6. The zero-order valence-electron chi connectivity index (χ0n) is 31.7. The van der Waals surface area contributed by atoms with Gasteiger partial charge in [0.05, 0.1) is 11.3 Å². The van der Waals surface area contributed by atoms with Gasteiger partial charge in [0.1, 0.15) is 36.0 Å². The number of thioether (sulfide) groups is 1. The summed E-state index contributed by atoms with van der Waals surface area (Å²) in [7, 11) is 0. The quantitative estimate of drug-likeness (QED) is 0.0438. The minimum atomic E-state index is -1.20. The van der Waals surface area contributed by atoms with Gasteiger partial charge in [-0.3, -0.25) is 28.8 Å². The van der Waals surface area contributed by atoms with Crippen LogP contribution >= 0.6 is 24.0 Å². The highest BCUT2D eigenvalue weighted by molar-refractivity contribution is 7.98. The number of benzene rings is 1. The van der Waals surface area contributed by atoms with Gasteiger partial charge in [-0.1, -0.05) is 24.4 Å². The van der Waals surface area contributed by atoms with Crippen LogP contribution in [0.5, 0.6) is 5.75 Å². The van der Waals surface area contributed by atoms with E-state index in [1.165, 1.54) is 43.3 Å². The fourth-order valence-electron chi connectivity index (χ4n) is 5.53. The smallest absolute Gasteiger partial charge is 0.243 e. The molecule has 12 N–H and O–H groups in total. The summed E-state index contributed by atoms with van der Waals surface area (Å²) in [4.78, 5) is 86.9. The average molecular weight is 805 g/mol. The van der Waals surface area contributed by atoms with Gasteiger partial charge in [0.25, 0.3) is 0 Å². The fraction of sp³-hybridized carbons (Fsp3) is 0.556. The number of aromatic nitrogens is 2. The molecule has 17 nitrogen and oxygen atoms in total. The van der Waals surface area contributed by atoms with E-state index in [1.54, 1.807) is 19.1 Å². The van der Waals surface area contributed by atoms with E-state index in [0.29, 0.717) is 60.8 Å². The summed E-state index contributed by atoms with van der Waals surface area (Å²) in [5.74, 6) is -3.21. The van der Waals surface area contributed by atoms with Gasteiger partial charge < -0.3 is 53.5 Å². The van der Waals surface area contributed by atoms with Crippen molar-refractivity contribution >= 4 is 64.4 Å². The van der Waals surface area contributed by atoms with Gasteiger partial charge in [-0.2, -0.15) is 11.8 Å². The Morgan fingerprint density at radius 2 is 1.33 bits per heavy atom. The molecular formula is C36H56N10O7S2. The average Bonchev–Trinajstić information content (AvgIpc) is 3.65. The van der Waals surface area contributed by atoms with E-state index in [1.807, 2.05) is 6.26 Å². The number of hydrogen-bond donors (Lipinski definition) is 10. The lowest BCUT2D eigenvalue weighted by Gasteiger charge is -2.27. The molecule has 1 aromatic carbocycles. The van der Waals surface area contributed by atoms with Crippen molar-refractivity contribution in [3.8, 4) is 5.75 Å². The predicted molar refractivity (Wildman–Crippen MR) is 215 cm³/mol. The molecule has 0 fully saturated rings. The number of imidazole rings is 1. The maximum atomic E-state index is 14.1. The van der Waals surface area contributed by atoms with Crippen LogP contribution in [0.3, 0.4) is 0 Å². The van der Waals surface area contributed by atoms with E-state index in [0.717, 1.165) is 0 Å². The molecule has 0 bridgehead atoms. The van der Waals surface area contributed by atoms with E-state index < -0.39 is 65.7 Å². The highest BCUT2D eigenvalue weighted by Crippen LogP contribution is 2.13. The Labute approximate surface area is 331 Å². The number of carbonyl (C=O) groups excluding carboxylic acids is 6. The molecule has 0 saturated heterocycles. The molecule has 1 aromatic heterocycles. The third-order valence-corrected chi connectivity index (χ3v) is 9.25. The van der Waals surface area contributed by atoms with Crippen molar-refractivity contribution in [1.82, 2.24) is 41.9 Å². The number of carbonyl (C=O) groups is 6. The molecule has 0 aliphatic rings. The molecule has 19 heteroatoms. The van der Waals surface area contributed by atoms with Gasteiger partial charge in [0, 0.05) is 38.2 Å². The SMILES string of the molecule is CSCC[C@H](NC(=O)[C@H](Cc1ccc(O)cc1)NC(=O)[C@H](CCCCNC(C)=S)NC(=O)[C@H](CCCCN)NC(=O)[C@H](Cc1cnc[nH]1)NC(C)=O)C(N)=O. The number of unbranched alkanes of at least 4 members (excludes halogenated alkanes) is 2. The Hall–Kier alpha value is -4.75. The van der Waals surface area contributed by atoms with Crippen LogP contribution in [0.25, 0.3) is 0 Å². The molecule has 0 saturated carbocycles. The molecular weight excluding hydrogens is 749 g/mol. The molecule has 0 aliphatic carbocycles. The number of H-pyrrole nitrogens is 1. The van der Waals surface area contributed by atoms with Crippen LogP contribution in [-0.2, 0) is 41.6 Å².